The molecule has 0 saturated heterocycles. The first kappa shape index (κ1) is 16.3. The van der Waals surface area contributed by atoms with Crippen LogP contribution < -0.4 is 10.6 Å². The Hall–Kier alpha value is -0.790. The van der Waals surface area contributed by atoms with Gasteiger partial charge in [-0.25, -0.2) is 0 Å². The minimum absolute atomic E-state index is 0. The Morgan fingerprint density at radius 1 is 1.47 bits per heavy atom. The van der Waals surface area contributed by atoms with Crippen molar-refractivity contribution >= 4 is 29.9 Å². The third-order valence-electron chi connectivity index (χ3n) is 3.75. The van der Waals surface area contributed by atoms with E-state index in [0.29, 0.717) is 6.04 Å². The van der Waals surface area contributed by atoms with E-state index in [2.05, 4.69) is 34.6 Å². The van der Waals surface area contributed by atoms with Gasteiger partial charge >= 0.3 is 0 Å². The predicted octanol–water partition coefficient (Wildman–Crippen LogP) is 1.73. The van der Waals surface area contributed by atoms with Crippen molar-refractivity contribution in [1.82, 2.24) is 20.4 Å². The van der Waals surface area contributed by atoms with Gasteiger partial charge < -0.3 is 10.6 Å². The summed E-state index contributed by atoms with van der Waals surface area (Å²) in [7, 11) is 3.79. The fraction of sp³-hybridized carbons (Fsp3) is 0.692. The Kier molecular flexibility index (Phi) is 5.64. The topological polar surface area (TPSA) is 54.2 Å². The average Bonchev–Trinajstić information content (AvgIpc) is 2.96. The molecule has 0 radical (unpaired) electrons. The van der Waals surface area contributed by atoms with Crippen LogP contribution in [0.5, 0.6) is 0 Å². The maximum Gasteiger partial charge on any atom is 0.191 e. The highest BCUT2D eigenvalue weighted by Gasteiger charge is 2.33. The third kappa shape index (κ3) is 3.84. The number of halogens is 1. The van der Waals surface area contributed by atoms with Crippen molar-refractivity contribution in [2.45, 2.75) is 39.8 Å². The van der Waals surface area contributed by atoms with Crippen molar-refractivity contribution in [2.24, 2.45) is 18.0 Å². The number of nitrogens with one attached hydrogen (secondary N) is 2. The van der Waals surface area contributed by atoms with Gasteiger partial charge in [0, 0.05) is 37.9 Å². The second kappa shape index (κ2) is 6.58. The Morgan fingerprint density at radius 2 is 2.11 bits per heavy atom. The van der Waals surface area contributed by atoms with Gasteiger partial charge in [-0.15, -0.1) is 24.0 Å². The van der Waals surface area contributed by atoms with Crippen LogP contribution in [0.4, 0.5) is 0 Å². The van der Waals surface area contributed by atoms with E-state index in [4.69, 9.17) is 0 Å². The minimum atomic E-state index is 0. The number of hydrogen-bond donors (Lipinski definition) is 2. The molecule has 6 heteroatoms. The van der Waals surface area contributed by atoms with Crippen molar-refractivity contribution in [3.8, 4) is 0 Å². The van der Waals surface area contributed by atoms with Crippen LogP contribution in [0.25, 0.3) is 0 Å². The van der Waals surface area contributed by atoms with Gasteiger partial charge in [0.1, 0.15) is 0 Å². The highest BCUT2D eigenvalue weighted by molar-refractivity contribution is 14.0. The van der Waals surface area contributed by atoms with Crippen LogP contribution in [0.15, 0.2) is 4.99 Å². The van der Waals surface area contributed by atoms with E-state index in [1.165, 1.54) is 17.7 Å². The SMILES string of the molecule is CN=C(NCc1c(C)nn(C)c1C)NC1CC1C.I. The van der Waals surface area contributed by atoms with E-state index in [1.54, 1.807) is 0 Å². The van der Waals surface area contributed by atoms with Gasteiger partial charge in [-0.2, -0.15) is 5.10 Å². The molecule has 2 rings (SSSR count). The second-order valence-electron chi connectivity index (χ2n) is 5.16. The van der Waals surface area contributed by atoms with Crippen molar-refractivity contribution in [1.29, 1.82) is 0 Å². The number of aryl methyl sites for hydroxylation is 2. The molecule has 1 aliphatic carbocycles. The summed E-state index contributed by atoms with van der Waals surface area (Å²) in [6, 6.07) is 0.590. The lowest BCUT2D eigenvalue weighted by Crippen LogP contribution is -2.38. The molecule has 0 amide bonds. The van der Waals surface area contributed by atoms with E-state index >= 15 is 0 Å². The van der Waals surface area contributed by atoms with Gasteiger partial charge in [0.15, 0.2) is 5.96 Å². The summed E-state index contributed by atoms with van der Waals surface area (Å²) in [5.41, 5.74) is 3.54. The number of aliphatic imine (C=N–C) groups is 1. The Balaban J connectivity index is 0.00000180. The molecule has 0 spiro atoms. The van der Waals surface area contributed by atoms with Crippen molar-refractivity contribution in [2.75, 3.05) is 7.05 Å². The van der Waals surface area contributed by atoms with E-state index in [1.807, 2.05) is 25.7 Å². The monoisotopic (exact) mass is 377 g/mol. The number of guanidine groups is 1. The quantitative estimate of drug-likeness (QED) is 0.479. The Labute approximate surface area is 132 Å². The standard InChI is InChI=1S/C13H23N5.HI/c1-8-6-12(8)16-13(14-4)15-7-11-9(2)17-18(5)10(11)3;/h8,12H,6-7H2,1-5H3,(H2,14,15,16);1H. The van der Waals surface area contributed by atoms with Gasteiger partial charge in [0.05, 0.1) is 5.69 Å². The number of nitrogens with zero attached hydrogens (tertiary/aromatic N) is 3. The van der Waals surface area contributed by atoms with Crippen molar-refractivity contribution < 1.29 is 0 Å². The molecule has 108 valence electrons. The van der Waals surface area contributed by atoms with Gasteiger partial charge in [-0.1, -0.05) is 6.92 Å². The van der Waals surface area contributed by atoms with Crippen molar-refractivity contribution in [3.63, 3.8) is 0 Å². The van der Waals surface area contributed by atoms with E-state index in [-0.39, 0.29) is 24.0 Å². The molecule has 0 aliphatic heterocycles. The minimum Gasteiger partial charge on any atom is -0.353 e. The van der Waals surface area contributed by atoms with Gasteiger partial charge in [0.2, 0.25) is 0 Å². The van der Waals surface area contributed by atoms with Crippen molar-refractivity contribution in [3.05, 3.63) is 17.0 Å². The van der Waals surface area contributed by atoms with Crippen LogP contribution in [0.2, 0.25) is 0 Å². The molecule has 2 unspecified atom stereocenters. The largest absolute Gasteiger partial charge is 0.353 e. The van der Waals surface area contributed by atoms with Crippen LogP contribution in [-0.2, 0) is 13.6 Å². The fourth-order valence-electron chi connectivity index (χ4n) is 2.14. The summed E-state index contributed by atoms with van der Waals surface area (Å²) >= 11 is 0. The highest BCUT2D eigenvalue weighted by Crippen LogP contribution is 2.28. The molecular formula is C13H24IN5. The lowest BCUT2D eigenvalue weighted by molar-refractivity contribution is 0.727. The molecule has 1 aromatic heterocycles. The first-order valence-corrected chi connectivity index (χ1v) is 6.49. The van der Waals surface area contributed by atoms with Gasteiger partial charge in [-0.05, 0) is 26.2 Å². The van der Waals surface area contributed by atoms with Crippen LogP contribution >= 0.6 is 24.0 Å². The summed E-state index contributed by atoms with van der Waals surface area (Å²) in [6.45, 7) is 7.16. The van der Waals surface area contributed by atoms with Crippen LogP contribution in [0.3, 0.4) is 0 Å². The predicted molar refractivity (Wildman–Crippen MR) is 89.0 cm³/mol. The molecule has 0 bridgehead atoms. The van der Waals surface area contributed by atoms with Crippen LogP contribution in [0, 0.1) is 19.8 Å². The lowest BCUT2D eigenvalue weighted by atomic mass is 10.2. The number of hydrogen-bond acceptors (Lipinski definition) is 2. The molecule has 0 aromatic carbocycles. The molecule has 19 heavy (non-hydrogen) atoms. The first-order chi connectivity index (χ1) is 8.52. The normalized spacial score (nSPS) is 21.8. The zero-order valence-corrected chi connectivity index (χ0v) is 14.6. The molecule has 1 aromatic rings. The summed E-state index contributed by atoms with van der Waals surface area (Å²) in [4.78, 5) is 4.25. The number of rotatable bonds is 3. The highest BCUT2D eigenvalue weighted by atomic mass is 127. The summed E-state index contributed by atoms with van der Waals surface area (Å²) in [5, 5.41) is 11.2. The Bertz CT molecular complexity index is 466. The number of aromatic nitrogens is 2. The van der Waals surface area contributed by atoms with Gasteiger partial charge in [0.25, 0.3) is 0 Å². The average molecular weight is 377 g/mol. The molecule has 1 fully saturated rings. The summed E-state index contributed by atoms with van der Waals surface area (Å²) in [6.07, 6.45) is 1.24. The van der Waals surface area contributed by atoms with E-state index < -0.39 is 0 Å². The zero-order valence-electron chi connectivity index (χ0n) is 12.3. The van der Waals surface area contributed by atoms with Gasteiger partial charge in [-0.3, -0.25) is 9.67 Å². The maximum atomic E-state index is 4.42. The zero-order chi connectivity index (χ0) is 13.3. The fourth-order valence-corrected chi connectivity index (χ4v) is 2.14. The van der Waals surface area contributed by atoms with Crippen LogP contribution in [-0.4, -0.2) is 28.8 Å². The molecular weight excluding hydrogens is 353 g/mol. The third-order valence-corrected chi connectivity index (χ3v) is 3.75. The molecule has 1 heterocycles. The molecule has 1 saturated carbocycles. The summed E-state index contributed by atoms with van der Waals surface area (Å²) < 4.78 is 1.92. The Morgan fingerprint density at radius 3 is 2.53 bits per heavy atom. The van der Waals surface area contributed by atoms with E-state index in [0.717, 1.165) is 24.1 Å². The van der Waals surface area contributed by atoms with E-state index in [9.17, 15) is 0 Å². The molecule has 2 atom stereocenters. The van der Waals surface area contributed by atoms with Crippen LogP contribution in [0.1, 0.15) is 30.3 Å². The second-order valence-corrected chi connectivity index (χ2v) is 5.16. The smallest absolute Gasteiger partial charge is 0.191 e. The first-order valence-electron chi connectivity index (χ1n) is 6.49. The molecule has 2 N–H and O–H groups in total. The molecule has 1 aliphatic rings. The maximum absolute atomic E-state index is 4.42. The molecule has 5 nitrogen and oxygen atoms in total. The lowest BCUT2D eigenvalue weighted by Gasteiger charge is -2.11. The summed E-state index contributed by atoms with van der Waals surface area (Å²) in [5.74, 6) is 1.65.